The first-order valence-corrected chi connectivity index (χ1v) is 10.8. The largest absolute Gasteiger partial charge is 0.0843 e. The molecule has 7 rings (SSSR count). The molecule has 6 aromatic carbocycles. The summed E-state index contributed by atoms with van der Waals surface area (Å²) in [6.45, 7) is 0. The van der Waals surface area contributed by atoms with Crippen LogP contribution < -0.4 is 0 Å². The molecule has 0 aromatic heterocycles. The van der Waals surface area contributed by atoms with Gasteiger partial charge in [0.1, 0.15) is 0 Å². The quantitative estimate of drug-likeness (QED) is 0.214. The van der Waals surface area contributed by atoms with Gasteiger partial charge >= 0.3 is 0 Å². The Kier molecular flexibility index (Phi) is 3.21. The van der Waals surface area contributed by atoms with E-state index in [0.29, 0.717) is 0 Å². The molecule has 0 heterocycles. The maximum atomic E-state index is 6.42. The lowest BCUT2D eigenvalue weighted by atomic mass is 9.89. The average molecular weight is 421 g/mol. The molecule has 0 radical (unpaired) electrons. The van der Waals surface area contributed by atoms with Gasteiger partial charge in [0.15, 0.2) is 0 Å². The number of hydrogen-bond donors (Lipinski definition) is 0. The molecule has 140 valence electrons. The van der Waals surface area contributed by atoms with Gasteiger partial charge in [0.25, 0.3) is 0 Å². The number of benzene rings is 6. The molecule has 0 fully saturated rings. The maximum absolute atomic E-state index is 6.42. The summed E-state index contributed by atoms with van der Waals surface area (Å²) in [5.41, 5.74) is 5.25. The first-order valence-electron chi connectivity index (χ1n) is 10.0. The molecule has 0 saturated carbocycles. The zero-order valence-electron chi connectivity index (χ0n) is 15.8. The Hall–Kier alpha value is -3.06. The molecule has 2 heteroatoms. The first kappa shape index (κ1) is 16.7. The third-order valence-electron chi connectivity index (χ3n) is 6.48. The summed E-state index contributed by atoms with van der Waals surface area (Å²) in [7, 11) is 0. The summed E-state index contributed by atoms with van der Waals surface area (Å²) in [6, 6.07) is 30.1. The molecular formula is C28H14Cl2. The van der Waals surface area contributed by atoms with E-state index in [1.54, 1.807) is 0 Å². The van der Waals surface area contributed by atoms with E-state index >= 15 is 0 Å². The van der Waals surface area contributed by atoms with E-state index in [0.717, 1.165) is 20.8 Å². The third-order valence-corrected chi connectivity index (χ3v) is 6.95. The monoisotopic (exact) mass is 420 g/mol. The first-order chi connectivity index (χ1) is 14.7. The van der Waals surface area contributed by atoms with E-state index in [2.05, 4.69) is 72.8 Å². The number of fused-ring (bicyclic) bond motifs is 10. The van der Waals surface area contributed by atoms with Crippen LogP contribution in [0.15, 0.2) is 84.9 Å². The predicted molar refractivity (Wildman–Crippen MR) is 131 cm³/mol. The van der Waals surface area contributed by atoms with E-state index in [9.17, 15) is 0 Å². The fraction of sp³-hybridized carbons (Fsp3) is 0. The van der Waals surface area contributed by atoms with Crippen LogP contribution in [-0.4, -0.2) is 0 Å². The predicted octanol–water partition coefficient (Wildman–Crippen LogP) is 9.25. The van der Waals surface area contributed by atoms with Gasteiger partial charge in [-0.25, -0.2) is 0 Å². The molecule has 0 N–H and O–H groups in total. The Balaban J connectivity index is 1.84. The topological polar surface area (TPSA) is 0 Å². The Morgan fingerprint density at radius 3 is 1.77 bits per heavy atom. The molecule has 6 aromatic rings. The van der Waals surface area contributed by atoms with Crippen LogP contribution in [0.1, 0.15) is 0 Å². The molecule has 0 nitrogen and oxygen atoms in total. The minimum Gasteiger partial charge on any atom is -0.0843 e. The van der Waals surface area contributed by atoms with Crippen LogP contribution in [0.2, 0.25) is 10.0 Å². The van der Waals surface area contributed by atoms with Gasteiger partial charge in [0.05, 0.1) is 0 Å². The molecular weight excluding hydrogens is 407 g/mol. The zero-order valence-corrected chi connectivity index (χ0v) is 17.4. The minimum absolute atomic E-state index is 0.737. The van der Waals surface area contributed by atoms with Crippen molar-refractivity contribution in [1.82, 2.24) is 0 Å². The SMILES string of the molecule is Clc1ccc2c(c1)c1cc(Cl)ccc1c1c3cccc4c3c(cc21)-c1ccccc1-4. The van der Waals surface area contributed by atoms with Crippen molar-refractivity contribution in [3.63, 3.8) is 0 Å². The fourth-order valence-electron chi connectivity index (χ4n) is 5.31. The summed E-state index contributed by atoms with van der Waals surface area (Å²) < 4.78 is 0. The van der Waals surface area contributed by atoms with Crippen LogP contribution in [0.25, 0.3) is 65.3 Å². The second kappa shape index (κ2) is 5.76. The van der Waals surface area contributed by atoms with Crippen molar-refractivity contribution >= 4 is 66.3 Å². The van der Waals surface area contributed by atoms with E-state index in [-0.39, 0.29) is 0 Å². The third kappa shape index (κ3) is 2.03. The van der Waals surface area contributed by atoms with Crippen LogP contribution in [0, 0.1) is 0 Å². The lowest BCUT2D eigenvalue weighted by Gasteiger charge is -2.15. The molecule has 1 aliphatic carbocycles. The maximum Gasteiger partial charge on any atom is 0.0412 e. The smallest absolute Gasteiger partial charge is 0.0412 e. The number of rotatable bonds is 0. The lowest BCUT2D eigenvalue weighted by molar-refractivity contribution is 1.70. The zero-order chi connectivity index (χ0) is 20.0. The number of halogens is 2. The van der Waals surface area contributed by atoms with E-state index in [1.807, 2.05) is 12.1 Å². The number of hydrogen-bond acceptors (Lipinski definition) is 0. The summed E-state index contributed by atoms with van der Waals surface area (Å²) in [5, 5.41) is 11.3. The Bertz CT molecular complexity index is 1710. The van der Waals surface area contributed by atoms with Crippen molar-refractivity contribution in [1.29, 1.82) is 0 Å². The second-order valence-corrected chi connectivity index (χ2v) is 8.87. The molecule has 30 heavy (non-hydrogen) atoms. The summed E-state index contributed by atoms with van der Waals surface area (Å²) in [6.07, 6.45) is 0. The molecule has 0 saturated heterocycles. The summed E-state index contributed by atoms with van der Waals surface area (Å²) in [5.74, 6) is 0. The molecule has 0 aliphatic heterocycles. The van der Waals surface area contributed by atoms with Crippen LogP contribution in [-0.2, 0) is 0 Å². The van der Waals surface area contributed by atoms with Crippen LogP contribution >= 0.6 is 23.2 Å². The average Bonchev–Trinajstić information content (AvgIpc) is 3.09. The van der Waals surface area contributed by atoms with Crippen LogP contribution in [0.5, 0.6) is 0 Å². The van der Waals surface area contributed by atoms with Crippen molar-refractivity contribution in [2.75, 3.05) is 0 Å². The van der Waals surface area contributed by atoms with Gasteiger partial charge in [-0.05, 0) is 95.7 Å². The van der Waals surface area contributed by atoms with Crippen molar-refractivity contribution in [2.45, 2.75) is 0 Å². The molecule has 0 atom stereocenters. The van der Waals surface area contributed by atoms with Gasteiger partial charge in [-0.15, -0.1) is 0 Å². The lowest BCUT2D eigenvalue weighted by Crippen LogP contribution is -1.87. The van der Waals surface area contributed by atoms with Crippen molar-refractivity contribution in [2.24, 2.45) is 0 Å². The normalized spacial score (nSPS) is 12.3. The van der Waals surface area contributed by atoms with Gasteiger partial charge in [-0.1, -0.05) is 77.8 Å². The van der Waals surface area contributed by atoms with Crippen molar-refractivity contribution in [3.05, 3.63) is 95.0 Å². The molecule has 0 bridgehead atoms. The van der Waals surface area contributed by atoms with Crippen molar-refractivity contribution in [3.8, 4) is 22.3 Å². The summed E-state index contributed by atoms with van der Waals surface area (Å²) in [4.78, 5) is 0. The fourth-order valence-corrected chi connectivity index (χ4v) is 5.65. The van der Waals surface area contributed by atoms with Gasteiger partial charge in [-0.3, -0.25) is 0 Å². The van der Waals surface area contributed by atoms with Gasteiger partial charge in [0.2, 0.25) is 0 Å². The highest BCUT2D eigenvalue weighted by molar-refractivity contribution is 6.38. The van der Waals surface area contributed by atoms with Crippen LogP contribution in [0.4, 0.5) is 0 Å². The second-order valence-electron chi connectivity index (χ2n) is 8.00. The van der Waals surface area contributed by atoms with Gasteiger partial charge < -0.3 is 0 Å². The van der Waals surface area contributed by atoms with Crippen molar-refractivity contribution < 1.29 is 0 Å². The highest BCUT2D eigenvalue weighted by Gasteiger charge is 2.23. The molecule has 0 spiro atoms. The van der Waals surface area contributed by atoms with Gasteiger partial charge in [0, 0.05) is 10.0 Å². The van der Waals surface area contributed by atoms with E-state index in [4.69, 9.17) is 23.2 Å². The molecule has 1 aliphatic rings. The Morgan fingerprint density at radius 2 is 1.00 bits per heavy atom. The van der Waals surface area contributed by atoms with Crippen LogP contribution in [0.3, 0.4) is 0 Å². The van der Waals surface area contributed by atoms with E-state index < -0.39 is 0 Å². The standard InChI is InChI=1S/C28H14Cl2/c29-15-8-10-19-23(12-15)24-13-16(30)9-11-21(24)28-22-7-3-6-20-17-4-1-2-5-18(17)25(27(20)22)14-26(19)28/h1-14H. The van der Waals surface area contributed by atoms with E-state index in [1.165, 1.54) is 54.6 Å². The highest BCUT2D eigenvalue weighted by atomic mass is 35.5. The Morgan fingerprint density at radius 1 is 0.367 bits per heavy atom. The molecule has 0 unspecified atom stereocenters. The summed E-state index contributed by atoms with van der Waals surface area (Å²) >= 11 is 12.8. The highest BCUT2D eigenvalue weighted by Crippen LogP contribution is 2.51. The van der Waals surface area contributed by atoms with Gasteiger partial charge in [-0.2, -0.15) is 0 Å². The Labute approximate surface area is 183 Å². The molecule has 0 amide bonds. The minimum atomic E-state index is 0.737.